The molecule has 1 saturated carbocycles. The fraction of sp³-hybridized carbons (Fsp3) is 0.550. The molecule has 2 amide bonds. The smallest absolute Gasteiger partial charge is 0.272 e. The van der Waals surface area contributed by atoms with Crippen LogP contribution in [0, 0.1) is 5.41 Å². The van der Waals surface area contributed by atoms with Gasteiger partial charge in [-0.3, -0.25) is 14.3 Å². The number of carbonyl (C=O) groups is 2. The summed E-state index contributed by atoms with van der Waals surface area (Å²) in [5.41, 5.74) is 1.45. The summed E-state index contributed by atoms with van der Waals surface area (Å²) in [6.45, 7) is 3.42. The number of carbonyl (C=O) groups excluding carboxylic acids is 2. The van der Waals surface area contributed by atoms with E-state index >= 15 is 0 Å². The number of piperidine rings is 1. The molecule has 2 aliphatic rings. The van der Waals surface area contributed by atoms with Crippen LogP contribution in [-0.4, -0.2) is 45.6 Å². The molecule has 2 fully saturated rings. The second-order valence-corrected chi connectivity index (χ2v) is 7.62. The van der Waals surface area contributed by atoms with Gasteiger partial charge in [0.25, 0.3) is 5.91 Å². The Balaban J connectivity index is 1.54. The molecule has 0 bridgehead atoms. The minimum Gasteiger partial charge on any atom is -0.350 e. The van der Waals surface area contributed by atoms with Crippen molar-refractivity contribution in [2.45, 2.75) is 45.1 Å². The second-order valence-electron chi connectivity index (χ2n) is 7.62. The highest BCUT2D eigenvalue weighted by Gasteiger charge is 2.49. The summed E-state index contributed by atoms with van der Waals surface area (Å²) in [4.78, 5) is 27.1. The number of hydrogen-bond donors (Lipinski definition) is 1. The second kappa shape index (κ2) is 6.41. The van der Waals surface area contributed by atoms with Crippen LogP contribution >= 0.6 is 0 Å². The van der Waals surface area contributed by atoms with Crippen LogP contribution in [-0.2, 0) is 11.8 Å². The summed E-state index contributed by atoms with van der Waals surface area (Å²) >= 11 is 0. The molecular weight excluding hydrogens is 328 g/mol. The fourth-order valence-electron chi connectivity index (χ4n) is 4.98. The van der Waals surface area contributed by atoms with Gasteiger partial charge >= 0.3 is 0 Å². The van der Waals surface area contributed by atoms with Gasteiger partial charge in [0.1, 0.15) is 0 Å². The van der Waals surface area contributed by atoms with Gasteiger partial charge in [0.15, 0.2) is 5.69 Å². The zero-order chi connectivity index (χ0) is 18.3. The van der Waals surface area contributed by atoms with Crippen molar-refractivity contribution in [2.24, 2.45) is 12.5 Å². The molecule has 2 heterocycles. The van der Waals surface area contributed by atoms with E-state index in [9.17, 15) is 9.59 Å². The van der Waals surface area contributed by atoms with E-state index in [-0.39, 0.29) is 23.3 Å². The molecular formula is C20H26N4O2. The van der Waals surface area contributed by atoms with Crippen LogP contribution in [0.25, 0.3) is 10.9 Å². The van der Waals surface area contributed by atoms with Crippen LogP contribution in [0.4, 0.5) is 0 Å². The van der Waals surface area contributed by atoms with Gasteiger partial charge in [-0.15, -0.1) is 0 Å². The first-order valence-electron chi connectivity index (χ1n) is 9.55. The number of aryl methyl sites for hydroxylation is 1. The molecule has 26 heavy (non-hydrogen) atoms. The molecule has 6 heteroatoms. The van der Waals surface area contributed by atoms with Crippen molar-refractivity contribution < 1.29 is 9.59 Å². The molecule has 2 atom stereocenters. The Labute approximate surface area is 153 Å². The largest absolute Gasteiger partial charge is 0.350 e. The summed E-state index contributed by atoms with van der Waals surface area (Å²) in [6.07, 6.45) is 4.70. The Morgan fingerprint density at radius 2 is 2.15 bits per heavy atom. The average Bonchev–Trinajstić information content (AvgIpc) is 3.22. The van der Waals surface area contributed by atoms with Crippen molar-refractivity contribution in [1.29, 1.82) is 0 Å². The monoisotopic (exact) mass is 354 g/mol. The number of fused-ring (bicyclic) bond motifs is 2. The molecule has 1 saturated heterocycles. The Morgan fingerprint density at radius 1 is 1.35 bits per heavy atom. The molecule has 138 valence electrons. The highest BCUT2D eigenvalue weighted by molar-refractivity contribution is 6.04. The Hall–Kier alpha value is -2.37. The van der Waals surface area contributed by atoms with Crippen molar-refractivity contribution in [3.63, 3.8) is 0 Å². The maximum absolute atomic E-state index is 12.8. The minimum absolute atomic E-state index is 0.0180. The van der Waals surface area contributed by atoms with E-state index in [0.717, 1.165) is 43.1 Å². The maximum atomic E-state index is 12.8. The van der Waals surface area contributed by atoms with E-state index in [1.807, 2.05) is 43.1 Å². The highest BCUT2D eigenvalue weighted by Crippen LogP contribution is 2.47. The standard InChI is InChI=1S/C20H26N4O2/c1-3-24-16-9-6-11-20(16,12-10-17(24)25)13-21-19(26)18-14-7-4-5-8-15(14)23(2)22-18/h4-5,7-8,16H,3,6,9-13H2,1-2H3,(H,21,26)/t16-,20+/m1/s1. The third-order valence-corrected chi connectivity index (χ3v) is 6.31. The van der Waals surface area contributed by atoms with E-state index in [1.165, 1.54) is 0 Å². The number of nitrogens with zero attached hydrogens (tertiary/aromatic N) is 3. The van der Waals surface area contributed by atoms with Crippen LogP contribution in [0.15, 0.2) is 24.3 Å². The lowest BCUT2D eigenvalue weighted by Crippen LogP contribution is -2.55. The van der Waals surface area contributed by atoms with E-state index in [1.54, 1.807) is 4.68 Å². The average molecular weight is 354 g/mol. The molecule has 1 aromatic carbocycles. The molecule has 1 aliphatic heterocycles. The van der Waals surface area contributed by atoms with E-state index < -0.39 is 0 Å². The van der Waals surface area contributed by atoms with Gasteiger partial charge in [-0.05, 0) is 32.3 Å². The van der Waals surface area contributed by atoms with Gasteiger partial charge in [-0.1, -0.05) is 24.6 Å². The number of aromatic nitrogens is 2. The van der Waals surface area contributed by atoms with E-state index in [0.29, 0.717) is 18.7 Å². The van der Waals surface area contributed by atoms with Gasteiger partial charge in [0.2, 0.25) is 5.91 Å². The van der Waals surface area contributed by atoms with Crippen molar-refractivity contribution in [1.82, 2.24) is 20.0 Å². The summed E-state index contributed by atoms with van der Waals surface area (Å²) < 4.78 is 1.75. The summed E-state index contributed by atoms with van der Waals surface area (Å²) in [5.74, 6) is 0.138. The normalized spacial score (nSPS) is 25.5. The van der Waals surface area contributed by atoms with E-state index in [4.69, 9.17) is 0 Å². The first-order chi connectivity index (χ1) is 12.6. The molecule has 2 aromatic rings. The number of likely N-dealkylation sites (tertiary alicyclic amines) is 1. The zero-order valence-corrected chi connectivity index (χ0v) is 15.5. The summed E-state index contributed by atoms with van der Waals surface area (Å²) in [6, 6.07) is 8.04. The molecule has 1 aliphatic carbocycles. The molecule has 0 radical (unpaired) electrons. The predicted molar refractivity (Wildman–Crippen MR) is 99.7 cm³/mol. The first-order valence-corrected chi connectivity index (χ1v) is 9.55. The molecule has 1 aromatic heterocycles. The maximum Gasteiger partial charge on any atom is 0.272 e. The van der Waals surface area contributed by atoms with Crippen LogP contribution in [0.3, 0.4) is 0 Å². The zero-order valence-electron chi connectivity index (χ0n) is 15.5. The number of benzene rings is 1. The molecule has 0 spiro atoms. The van der Waals surface area contributed by atoms with Crippen LogP contribution in [0.5, 0.6) is 0 Å². The van der Waals surface area contributed by atoms with Gasteiger partial charge in [-0.25, -0.2) is 0 Å². The van der Waals surface area contributed by atoms with Crippen LogP contribution in [0.1, 0.15) is 49.5 Å². The lowest BCUT2D eigenvalue weighted by Gasteiger charge is -2.46. The van der Waals surface area contributed by atoms with Crippen molar-refractivity contribution in [3.8, 4) is 0 Å². The topological polar surface area (TPSA) is 67.2 Å². The third-order valence-electron chi connectivity index (χ3n) is 6.31. The van der Waals surface area contributed by atoms with Crippen molar-refractivity contribution >= 4 is 22.7 Å². The summed E-state index contributed by atoms with van der Waals surface area (Å²) in [7, 11) is 1.86. The van der Waals surface area contributed by atoms with Crippen molar-refractivity contribution in [3.05, 3.63) is 30.0 Å². The van der Waals surface area contributed by atoms with Crippen LogP contribution < -0.4 is 5.32 Å². The molecule has 6 nitrogen and oxygen atoms in total. The molecule has 0 unspecified atom stereocenters. The quantitative estimate of drug-likeness (QED) is 0.917. The number of nitrogens with one attached hydrogen (secondary N) is 1. The third kappa shape index (κ3) is 2.59. The number of amides is 2. The Bertz CT molecular complexity index is 859. The van der Waals surface area contributed by atoms with Gasteiger partial charge in [-0.2, -0.15) is 5.10 Å². The van der Waals surface area contributed by atoms with Crippen molar-refractivity contribution in [2.75, 3.05) is 13.1 Å². The lowest BCUT2D eigenvalue weighted by atomic mass is 9.74. The SMILES string of the molecule is CCN1C(=O)CC[C@]2(CNC(=O)c3nn(C)c4ccccc34)CCC[C@@H]12. The predicted octanol–water partition coefficient (Wildman–Crippen LogP) is 2.48. The molecule has 4 rings (SSSR count). The molecule has 1 N–H and O–H groups in total. The Kier molecular flexibility index (Phi) is 4.21. The Morgan fingerprint density at radius 3 is 2.96 bits per heavy atom. The van der Waals surface area contributed by atoms with Crippen LogP contribution in [0.2, 0.25) is 0 Å². The number of hydrogen-bond acceptors (Lipinski definition) is 3. The summed E-state index contributed by atoms with van der Waals surface area (Å²) in [5, 5.41) is 8.44. The van der Waals surface area contributed by atoms with E-state index in [2.05, 4.69) is 10.4 Å². The first kappa shape index (κ1) is 17.1. The van der Waals surface area contributed by atoms with Gasteiger partial charge in [0.05, 0.1) is 5.52 Å². The number of para-hydroxylation sites is 1. The fourth-order valence-corrected chi connectivity index (χ4v) is 4.98. The highest BCUT2D eigenvalue weighted by atomic mass is 16.2. The lowest BCUT2D eigenvalue weighted by molar-refractivity contribution is -0.141. The number of rotatable bonds is 4. The van der Waals surface area contributed by atoms with Gasteiger partial charge in [0, 0.05) is 43.4 Å². The van der Waals surface area contributed by atoms with Gasteiger partial charge < -0.3 is 10.2 Å². The minimum atomic E-state index is -0.123.